The number of fused-ring (bicyclic) bond motifs is 1. The van der Waals surface area contributed by atoms with Crippen molar-refractivity contribution in [1.82, 2.24) is 0 Å². The van der Waals surface area contributed by atoms with E-state index in [0.29, 0.717) is 5.69 Å². The number of nitrogens with zero attached hydrogens (tertiary/aromatic N) is 3. The number of hydrogen-bond donors (Lipinski definition) is 0. The van der Waals surface area contributed by atoms with Crippen molar-refractivity contribution in [3.63, 3.8) is 0 Å². The lowest BCUT2D eigenvalue weighted by molar-refractivity contribution is 0.415. The molecule has 4 heteroatoms. The second-order valence-electron chi connectivity index (χ2n) is 8.44. The minimum absolute atomic E-state index is 0.616. The summed E-state index contributed by atoms with van der Waals surface area (Å²) in [6.07, 6.45) is 4.03. The van der Waals surface area contributed by atoms with E-state index in [4.69, 9.17) is 11.3 Å². The van der Waals surface area contributed by atoms with E-state index in [1.807, 2.05) is 72.8 Å². The second-order valence-corrected chi connectivity index (χ2v) is 8.44. The molecule has 178 valence electrons. The molecule has 0 spiro atoms. The van der Waals surface area contributed by atoms with Crippen LogP contribution in [0.1, 0.15) is 11.1 Å². The molecule has 0 heterocycles. The van der Waals surface area contributed by atoms with Crippen molar-refractivity contribution in [1.29, 1.82) is 0 Å². The van der Waals surface area contributed by atoms with Crippen molar-refractivity contribution in [3.05, 3.63) is 132 Å². The molecule has 0 aliphatic carbocycles. The third kappa shape index (κ3) is 4.84. The largest absolute Gasteiger partial charge is 0.497 e. The summed E-state index contributed by atoms with van der Waals surface area (Å²) in [7, 11) is 1.67. The van der Waals surface area contributed by atoms with Crippen LogP contribution >= 0.6 is 0 Å². The summed E-state index contributed by atoms with van der Waals surface area (Å²) >= 11 is 0. The molecular formula is C33H25N3O. The van der Waals surface area contributed by atoms with E-state index in [1.54, 1.807) is 7.11 Å². The van der Waals surface area contributed by atoms with E-state index < -0.39 is 0 Å². The van der Waals surface area contributed by atoms with Crippen LogP contribution < -0.4 is 9.64 Å². The third-order valence-electron chi connectivity index (χ3n) is 6.28. The third-order valence-corrected chi connectivity index (χ3v) is 6.28. The molecule has 0 radical (unpaired) electrons. The predicted molar refractivity (Wildman–Crippen MR) is 156 cm³/mol. The molecule has 0 saturated heterocycles. The average Bonchev–Trinajstić information content (AvgIpc) is 2.97. The number of anilines is 3. The van der Waals surface area contributed by atoms with Gasteiger partial charge in [0.25, 0.3) is 0 Å². The Morgan fingerprint density at radius 3 is 2.05 bits per heavy atom. The lowest BCUT2D eigenvalue weighted by Gasteiger charge is -2.25. The summed E-state index contributed by atoms with van der Waals surface area (Å²) in [6, 6.07) is 36.5. The highest BCUT2D eigenvalue weighted by Gasteiger charge is 2.12. The molecule has 4 nitrogen and oxygen atoms in total. The molecule has 37 heavy (non-hydrogen) atoms. The van der Waals surface area contributed by atoms with Gasteiger partial charge in [-0.25, -0.2) is 4.85 Å². The molecule has 0 bridgehead atoms. The molecule has 0 aromatic heterocycles. The van der Waals surface area contributed by atoms with Crippen LogP contribution in [0.25, 0.3) is 27.8 Å². The van der Waals surface area contributed by atoms with Gasteiger partial charge in [-0.15, -0.1) is 0 Å². The van der Waals surface area contributed by atoms with Crippen LogP contribution in [0.15, 0.2) is 114 Å². The minimum atomic E-state index is 0.616. The molecule has 0 fully saturated rings. The van der Waals surface area contributed by atoms with Crippen LogP contribution in [-0.2, 0) is 0 Å². The Bertz CT molecular complexity index is 1610. The van der Waals surface area contributed by atoms with Crippen molar-refractivity contribution in [3.8, 4) is 5.75 Å². The topological polar surface area (TPSA) is 29.2 Å². The maximum absolute atomic E-state index is 7.77. The fourth-order valence-electron chi connectivity index (χ4n) is 4.42. The van der Waals surface area contributed by atoms with Gasteiger partial charge in [-0.1, -0.05) is 66.7 Å². The first-order valence-corrected chi connectivity index (χ1v) is 11.9. The number of benzene rings is 5. The lowest BCUT2D eigenvalue weighted by atomic mass is 10.0. The Morgan fingerprint density at radius 1 is 0.730 bits per heavy atom. The van der Waals surface area contributed by atoms with Gasteiger partial charge in [0.15, 0.2) is 0 Å². The highest BCUT2D eigenvalue weighted by molar-refractivity contribution is 6.04. The molecular weight excluding hydrogens is 454 g/mol. The minimum Gasteiger partial charge on any atom is -0.497 e. The number of aliphatic imine (C=N–C) groups is 1. The monoisotopic (exact) mass is 479 g/mol. The first-order chi connectivity index (χ1) is 18.2. The SMILES string of the molecule is [C-]#[N+]c1c(C=Cc2ccc(N(c3ccccc3)c3ccc(OC)cc3)cc2)ccc2c(N=C)cccc12. The summed E-state index contributed by atoms with van der Waals surface area (Å²) in [4.78, 5) is 10.1. The highest BCUT2D eigenvalue weighted by atomic mass is 16.5. The van der Waals surface area contributed by atoms with Crippen LogP contribution in [0.5, 0.6) is 5.75 Å². The summed E-state index contributed by atoms with van der Waals surface area (Å²) in [5.41, 5.74) is 6.48. The highest BCUT2D eigenvalue weighted by Crippen LogP contribution is 2.37. The predicted octanol–water partition coefficient (Wildman–Crippen LogP) is 9.37. The molecule has 0 amide bonds. The normalized spacial score (nSPS) is 10.8. The van der Waals surface area contributed by atoms with Gasteiger partial charge in [-0.2, -0.15) is 0 Å². The zero-order chi connectivity index (χ0) is 25.6. The van der Waals surface area contributed by atoms with Crippen molar-refractivity contribution >= 4 is 58.1 Å². The van der Waals surface area contributed by atoms with Gasteiger partial charge in [-0.3, -0.25) is 4.99 Å². The van der Waals surface area contributed by atoms with E-state index in [-0.39, 0.29) is 0 Å². The molecule has 0 aliphatic heterocycles. The van der Waals surface area contributed by atoms with E-state index in [0.717, 1.165) is 50.4 Å². The summed E-state index contributed by atoms with van der Waals surface area (Å²) in [5, 5.41) is 1.82. The molecule has 5 rings (SSSR count). The van der Waals surface area contributed by atoms with E-state index in [1.165, 1.54) is 0 Å². The Labute approximate surface area is 217 Å². The molecule has 0 saturated carbocycles. The summed E-state index contributed by atoms with van der Waals surface area (Å²) in [5.74, 6) is 0.821. The Balaban J connectivity index is 1.47. The maximum Gasteiger partial charge on any atom is 0.202 e. The fourth-order valence-corrected chi connectivity index (χ4v) is 4.42. The van der Waals surface area contributed by atoms with Crippen molar-refractivity contribution in [2.45, 2.75) is 0 Å². The Hall–Kier alpha value is -5.14. The lowest BCUT2D eigenvalue weighted by Crippen LogP contribution is -2.09. The van der Waals surface area contributed by atoms with Gasteiger partial charge in [-0.05, 0) is 83.2 Å². The van der Waals surface area contributed by atoms with Crippen molar-refractivity contribution in [2.24, 2.45) is 4.99 Å². The van der Waals surface area contributed by atoms with Gasteiger partial charge in [0.05, 0.1) is 19.4 Å². The average molecular weight is 480 g/mol. The molecule has 0 aliphatic rings. The van der Waals surface area contributed by atoms with E-state index >= 15 is 0 Å². The zero-order valence-electron chi connectivity index (χ0n) is 20.5. The molecule has 0 N–H and O–H groups in total. The standard InChI is InChI=1S/C33H25N3O/c1-34-32-11-7-10-31-30(32)23-16-25(33(31)35-2)15-12-24-13-17-27(18-14-24)36(26-8-5-4-6-9-26)28-19-21-29(37-3)22-20-28/h4-23H,1H2,3H3. The van der Waals surface area contributed by atoms with Crippen LogP contribution in [0, 0.1) is 6.57 Å². The molecule has 5 aromatic rings. The van der Waals surface area contributed by atoms with Crippen LogP contribution in [0.3, 0.4) is 0 Å². The van der Waals surface area contributed by atoms with Crippen LogP contribution in [0.2, 0.25) is 0 Å². The maximum atomic E-state index is 7.77. The number of para-hydroxylation sites is 1. The van der Waals surface area contributed by atoms with Gasteiger partial charge < -0.3 is 9.64 Å². The quantitative estimate of drug-likeness (QED) is 0.132. The van der Waals surface area contributed by atoms with Gasteiger partial charge in [0.2, 0.25) is 5.69 Å². The molecule has 5 aromatic carbocycles. The Kier molecular flexibility index (Phi) is 6.78. The molecule has 0 atom stereocenters. The number of methoxy groups -OCH3 is 1. The van der Waals surface area contributed by atoms with Crippen molar-refractivity contribution < 1.29 is 4.74 Å². The van der Waals surface area contributed by atoms with E-state index in [9.17, 15) is 0 Å². The van der Waals surface area contributed by atoms with Gasteiger partial charge in [0.1, 0.15) is 5.75 Å². The second kappa shape index (κ2) is 10.6. The first-order valence-electron chi connectivity index (χ1n) is 11.9. The summed E-state index contributed by atoms with van der Waals surface area (Å²) < 4.78 is 5.34. The van der Waals surface area contributed by atoms with Crippen LogP contribution in [-0.4, -0.2) is 13.8 Å². The zero-order valence-corrected chi connectivity index (χ0v) is 20.5. The summed E-state index contributed by atoms with van der Waals surface area (Å²) in [6.45, 7) is 11.4. The van der Waals surface area contributed by atoms with E-state index in [2.05, 4.69) is 70.0 Å². The smallest absolute Gasteiger partial charge is 0.202 e. The van der Waals surface area contributed by atoms with Crippen LogP contribution in [0.4, 0.5) is 28.4 Å². The first kappa shape index (κ1) is 23.6. The van der Waals surface area contributed by atoms with Gasteiger partial charge in [0, 0.05) is 17.1 Å². The molecule has 0 unspecified atom stereocenters. The van der Waals surface area contributed by atoms with Crippen molar-refractivity contribution in [2.75, 3.05) is 12.0 Å². The Morgan fingerprint density at radius 2 is 1.41 bits per heavy atom. The number of hydrogen-bond acceptors (Lipinski definition) is 3. The fraction of sp³-hybridized carbons (Fsp3) is 0.0303. The number of ether oxygens (including phenoxy) is 1. The van der Waals surface area contributed by atoms with Gasteiger partial charge >= 0.3 is 0 Å². The number of rotatable bonds is 7.